The minimum absolute atomic E-state index is 0.0870. The maximum Gasteiger partial charge on any atom is 0.410 e. The number of amides is 2. The van der Waals surface area contributed by atoms with Crippen LogP contribution in [0, 0.1) is 23.0 Å². The number of ether oxygens (including phenoxy) is 1. The van der Waals surface area contributed by atoms with Gasteiger partial charge < -0.3 is 19.6 Å². The Labute approximate surface area is 190 Å². The second-order valence-electron chi connectivity index (χ2n) is 9.97. The molecule has 0 saturated carbocycles. The van der Waals surface area contributed by atoms with Gasteiger partial charge in [-0.05, 0) is 38.5 Å². The van der Waals surface area contributed by atoms with Gasteiger partial charge in [-0.15, -0.1) is 0 Å². The summed E-state index contributed by atoms with van der Waals surface area (Å²) in [4.78, 5) is 28.6. The van der Waals surface area contributed by atoms with Gasteiger partial charge >= 0.3 is 6.09 Å². The van der Waals surface area contributed by atoms with Gasteiger partial charge in [-0.3, -0.25) is 9.48 Å². The highest BCUT2D eigenvalue weighted by molar-refractivity contribution is 5.94. The number of likely N-dealkylation sites (tertiary alicyclic amines) is 2. The van der Waals surface area contributed by atoms with Crippen LogP contribution in [0.5, 0.6) is 0 Å². The number of hydrogen-bond donors (Lipinski definition) is 1. The normalized spacial score (nSPS) is 19.6. The fourth-order valence-electron chi connectivity index (χ4n) is 4.60. The van der Waals surface area contributed by atoms with Crippen molar-refractivity contribution in [3.05, 3.63) is 53.4 Å². The number of aliphatic hydroxyl groups excluding tert-OH is 1. The van der Waals surface area contributed by atoms with E-state index in [2.05, 4.69) is 5.10 Å². The SMILES string of the molecule is CC(C)(C)OC(=O)N1CC2(C1)CN(C(=O)c1cnn(Cc3cc(F)cc(F)c3)c1)C[C@H]2CO. The first kappa shape index (κ1) is 23.2. The number of nitrogens with zero attached hydrogens (tertiary/aromatic N) is 4. The van der Waals surface area contributed by atoms with Crippen molar-refractivity contribution in [1.29, 1.82) is 0 Å². The van der Waals surface area contributed by atoms with E-state index in [-0.39, 0.29) is 30.4 Å². The van der Waals surface area contributed by atoms with Crippen molar-refractivity contribution in [1.82, 2.24) is 19.6 Å². The van der Waals surface area contributed by atoms with Crippen LogP contribution in [0.25, 0.3) is 0 Å². The molecule has 2 fully saturated rings. The molecule has 0 aliphatic carbocycles. The van der Waals surface area contributed by atoms with Crippen molar-refractivity contribution >= 4 is 12.0 Å². The van der Waals surface area contributed by atoms with Gasteiger partial charge in [0.25, 0.3) is 5.91 Å². The molecule has 33 heavy (non-hydrogen) atoms. The van der Waals surface area contributed by atoms with Gasteiger partial charge in [-0.2, -0.15) is 5.10 Å². The molecule has 1 atom stereocenters. The Balaban J connectivity index is 1.40. The molecule has 2 aliphatic rings. The predicted molar refractivity (Wildman–Crippen MR) is 114 cm³/mol. The molecule has 1 aromatic heterocycles. The monoisotopic (exact) mass is 462 g/mol. The molecule has 4 rings (SSSR count). The molecule has 1 aromatic carbocycles. The third kappa shape index (κ3) is 4.85. The van der Waals surface area contributed by atoms with Crippen molar-refractivity contribution in [2.75, 3.05) is 32.8 Å². The van der Waals surface area contributed by atoms with E-state index in [0.717, 1.165) is 6.07 Å². The minimum Gasteiger partial charge on any atom is -0.444 e. The zero-order chi connectivity index (χ0) is 24.0. The van der Waals surface area contributed by atoms with E-state index in [1.54, 1.807) is 30.6 Å². The van der Waals surface area contributed by atoms with E-state index in [1.807, 2.05) is 0 Å². The summed E-state index contributed by atoms with van der Waals surface area (Å²) in [5.41, 5.74) is -0.211. The van der Waals surface area contributed by atoms with Crippen LogP contribution >= 0.6 is 0 Å². The van der Waals surface area contributed by atoms with Gasteiger partial charge in [-0.1, -0.05) is 0 Å². The van der Waals surface area contributed by atoms with E-state index in [9.17, 15) is 23.5 Å². The van der Waals surface area contributed by atoms with Gasteiger partial charge in [-0.25, -0.2) is 13.6 Å². The van der Waals surface area contributed by atoms with Crippen LogP contribution in [-0.4, -0.2) is 75.1 Å². The van der Waals surface area contributed by atoms with Crippen molar-refractivity contribution < 1.29 is 28.2 Å². The van der Waals surface area contributed by atoms with Gasteiger partial charge in [0.05, 0.1) is 18.3 Å². The quantitative estimate of drug-likeness (QED) is 0.755. The minimum atomic E-state index is -0.674. The van der Waals surface area contributed by atoms with E-state index in [0.29, 0.717) is 37.3 Å². The summed E-state index contributed by atoms with van der Waals surface area (Å²) in [7, 11) is 0. The number of rotatable bonds is 4. The van der Waals surface area contributed by atoms with Crippen molar-refractivity contribution in [2.24, 2.45) is 11.3 Å². The van der Waals surface area contributed by atoms with E-state index < -0.39 is 23.3 Å². The first-order chi connectivity index (χ1) is 15.5. The average Bonchev–Trinajstić information content (AvgIpc) is 3.28. The number of carbonyl (C=O) groups is 2. The number of aliphatic hydroxyl groups is 1. The van der Waals surface area contributed by atoms with Crippen LogP contribution < -0.4 is 0 Å². The van der Waals surface area contributed by atoms with Crippen molar-refractivity contribution in [3.63, 3.8) is 0 Å². The number of aromatic nitrogens is 2. The fraction of sp³-hybridized carbons (Fsp3) is 0.522. The molecule has 3 heterocycles. The Morgan fingerprint density at radius 3 is 2.39 bits per heavy atom. The van der Waals surface area contributed by atoms with Crippen LogP contribution in [0.1, 0.15) is 36.7 Å². The summed E-state index contributed by atoms with van der Waals surface area (Å²) in [6.07, 6.45) is 2.56. The Morgan fingerprint density at radius 2 is 1.79 bits per heavy atom. The molecular weight excluding hydrogens is 434 g/mol. The smallest absolute Gasteiger partial charge is 0.410 e. The summed E-state index contributed by atoms with van der Waals surface area (Å²) in [5, 5.41) is 14.1. The zero-order valence-electron chi connectivity index (χ0n) is 18.9. The molecule has 2 saturated heterocycles. The highest BCUT2D eigenvalue weighted by atomic mass is 19.1. The third-order valence-electron chi connectivity index (χ3n) is 6.13. The molecule has 0 unspecified atom stereocenters. The molecule has 10 heteroatoms. The topological polar surface area (TPSA) is 87.9 Å². The highest BCUT2D eigenvalue weighted by Gasteiger charge is 2.56. The summed E-state index contributed by atoms with van der Waals surface area (Å²) in [5.74, 6) is -1.73. The van der Waals surface area contributed by atoms with Gasteiger partial charge in [0.15, 0.2) is 0 Å². The van der Waals surface area contributed by atoms with Crippen LogP contribution in [0.15, 0.2) is 30.6 Å². The average molecular weight is 462 g/mol. The van der Waals surface area contributed by atoms with Crippen LogP contribution in [0.4, 0.5) is 13.6 Å². The maximum atomic E-state index is 13.4. The lowest BCUT2D eigenvalue weighted by Crippen LogP contribution is -2.63. The Hall–Kier alpha value is -3.01. The van der Waals surface area contributed by atoms with Crippen LogP contribution in [0.3, 0.4) is 0 Å². The molecular formula is C23H28F2N4O4. The maximum absolute atomic E-state index is 13.4. The first-order valence-corrected chi connectivity index (χ1v) is 10.8. The van der Waals surface area contributed by atoms with Gasteiger partial charge in [0.2, 0.25) is 0 Å². The summed E-state index contributed by atoms with van der Waals surface area (Å²) >= 11 is 0. The molecule has 178 valence electrons. The first-order valence-electron chi connectivity index (χ1n) is 10.8. The lowest BCUT2D eigenvalue weighted by Gasteiger charge is -2.50. The van der Waals surface area contributed by atoms with Gasteiger partial charge in [0.1, 0.15) is 17.2 Å². The number of benzene rings is 1. The van der Waals surface area contributed by atoms with Gasteiger partial charge in [0, 0.05) is 56.4 Å². The van der Waals surface area contributed by atoms with Crippen LogP contribution in [0.2, 0.25) is 0 Å². The number of halogens is 2. The highest BCUT2D eigenvalue weighted by Crippen LogP contribution is 2.44. The second kappa shape index (κ2) is 8.40. The zero-order valence-corrected chi connectivity index (χ0v) is 18.9. The summed E-state index contributed by atoms with van der Waals surface area (Å²) < 4.78 is 33.7. The molecule has 0 radical (unpaired) electrons. The fourth-order valence-corrected chi connectivity index (χ4v) is 4.60. The molecule has 2 aromatic rings. The third-order valence-corrected chi connectivity index (χ3v) is 6.13. The number of hydrogen-bond acceptors (Lipinski definition) is 5. The second-order valence-corrected chi connectivity index (χ2v) is 9.97. The van der Waals surface area contributed by atoms with Crippen molar-refractivity contribution in [3.8, 4) is 0 Å². The Morgan fingerprint density at radius 1 is 1.15 bits per heavy atom. The molecule has 1 N–H and O–H groups in total. The Kier molecular flexibility index (Phi) is 5.90. The summed E-state index contributed by atoms with van der Waals surface area (Å²) in [6, 6.07) is 3.23. The summed E-state index contributed by atoms with van der Waals surface area (Å²) in [6.45, 7) is 7.07. The van der Waals surface area contributed by atoms with Crippen LogP contribution in [-0.2, 0) is 11.3 Å². The molecule has 0 bridgehead atoms. The Bertz CT molecular complexity index is 1040. The van der Waals surface area contributed by atoms with Crippen molar-refractivity contribution in [2.45, 2.75) is 32.9 Å². The molecule has 1 spiro atoms. The molecule has 2 aliphatic heterocycles. The van der Waals surface area contributed by atoms with E-state index >= 15 is 0 Å². The molecule has 8 nitrogen and oxygen atoms in total. The predicted octanol–water partition coefficient (Wildman–Crippen LogP) is 2.51. The standard InChI is InChI=1S/C23H28F2N4O4/c1-22(2,3)33-21(32)28-13-23(14-28)12-27(10-17(23)11-30)20(31)16-7-26-29(9-16)8-15-4-18(24)6-19(25)5-15/h4-7,9,17,30H,8,10-14H2,1-3H3/t17-/m0/s1. The lowest BCUT2D eigenvalue weighted by atomic mass is 9.72. The lowest BCUT2D eigenvalue weighted by molar-refractivity contribution is -0.0526. The van der Waals surface area contributed by atoms with E-state index in [4.69, 9.17) is 4.74 Å². The molecule has 2 amide bonds. The van der Waals surface area contributed by atoms with E-state index in [1.165, 1.54) is 29.2 Å². The number of carbonyl (C=O) groups excluding carboxylic acids is 2. The largest absolute Gasteiger partial charge is 0.444 e.